The molecule has 0 bridgehead atoms. The third-order valence-electron chi connectivity index (χ3n) is 6.63. The van der Waals surface area contributed by atoms with Gasteiger partial charge < -0.3 is 19.7 Å². The number of methoxy groups -OCH3 is 1. The highest BCUT2D eigenvalue weighted by Gasteiger charge is 2.41. The Morgan fingerprint density at radius 3 is 2.32 bits per heavy atom. The van der Waals surface area contributed by atoms with Gasteiger partial charge in [-0.1, -0.05) is 30.3 Å². The lowest BCUT2D eigenvalue weighted by molar-refractivity contribution is -0.130. The molecule has 166 valence electrons. The van der Waals surface area contributed by atoms with Crippen LogP contribution in [0.1, 0.15) is 18.4 Å². The van der Waals surface area contributed by atoms with Crippen molar-refractivity contribution in [2.75, 3.05) is 64.5 Å². The summed E-state index contributed by atoms with van der Waals surface area (Å²) >= 11 is 0. The standard InChI is InChI=1S/C25H33N3O3/c1-30-23-9-7-21(8-10-23)25(11-19-31-20-12-25)24(29)26-13-14-27-15-17-28(18-16-27)22-5-3-2-4-6-22/h2-10H,11-20H2,1H3,(H,26,29). The van der Waals surface area contributed by atoms with Crippen molar-refractivity contribution in [3.63, 3.8) is 0 Å². The number of hydrogen-bond donors (Lipinski definition) is 1. The van der Waals surface area contributed by atoms with E-state index < -0.39 is 5.41 Å². The van der Waals surface area contributed by atoms with Gasteiger partial charge in [0.2, 0.25) is 5.91 Å². The zero-order valence-electron chi connectivity index (χ0n) is 18.4. The van der Waals surface area contributed by atoms with Crippen LogP contribution < -0.4 is 15.0 Å². The molecule has 6 nitrogen and oxygen atoms in total. The van der Waals surface area contributed by atoms with Crippen LogP contribution in [0.4, 0.5) is 5.69 Å². The van der Waals surface area contributed by atoms with E-state index in [0.29, 0.717) is 32.6 Å². The number of hydrogen-bond acceptors (Lipinski definition) is 5. The van der Waals surface area contributed by atoms with Crippen LogP contribution in [0, 0.1) is 0 Å². The molecule has 31 heavy (non-hydrogen) atoms. The van der Waals surface area contributed by atoms with Gasteiger partial charge in [0.05, 0.1) is 12.5 Å². The van der Waals surface area contributed by atoms with Crippen LogP contribution >= 0.6 is 0 Å². The third kappa shape index (κ3) is 5.02. The number of piperazine rings is 1. The van der Waals surface area contributed by atoms with Gasteiger partial charge in [0.15, 0.2) is 0 Å². The first-order valence-electron chi connectivity index (χ1n) is 11.2. The van der Waals surface area contributed by atoms with Gasteiger partial charge in [-0.3, -0.25) is 9.69 Å². The van der Waals surface area contributed by atoms with Crippen LogP contribution in [0.5, 0.6) is 5.75 Å². The fourth-order valence-electron chi connectivity index (χ4n) is 4.64. The van der Waals surface area contributed by atoms with Crippen molar-refractivity contribution in [1.29, 1.82) is 0 Å². The third-order valence-corrected chi connectivity index (χ3v) is 6.63. The number of carbonyl (C=O) groups excluding carboxylic acids is 1. The maximum atomic E-state index is 13.3. The molecular formula is C25H33N3O3. The average Bonchev–Trinajstić information content (AvgIpc) is 2.85. The number of benzene rings is 2. The van der Waals surface area contributed by atoms with Crippen molar-refractivity contribution in [3.8, 4) is 5.75 Å². The predicted octanol–water partition coefficient (Wildman–Crippen LogP) is 2.68. The minimum Gasteiger partial charge on any atom is -0.497 e. The van der Waals surface area contributed by atoms with Crippen molar-refractivity contribution in [2.45, 2.75) is 18.3 Å². The van der Waals surface area contributed by atoms with E-state index in [4.69, 9.17) is 9.47 Å². The lowest BCUT2D eigenvalue weighted by Crippen LogP contribution is -2.51. The summed E-state index contributed by atoms with van der Waals surface area (Å²) in [5, 5.41) is 3.23. The molecule has 0 radical (unpaired) electrons. The van der Waals surface area contributed by atoms with Crippen molar-refractivity contribution < 1.29 is 14.3 Å². The summed E-state index contributed by atoms with van der Waals surface area (Å²) in [5.41, 5.74) is 1.82. The molecule has 2 aliphatic heterocycles. The second-order valence-electron chi connectivity index (χ2n) is 8.34. The first-order valence-corrected chi connectivity index (χ1v) is 11.2. The van der Waals surface area contributed by atoms with Crippen LogP contribution in [0.3, 0.4) is 0 Å². The van der Waals surface area contributed by atoms with Crippen molar-refractivity contribution in [3.05, 3.63) is 60.2 Å². The number of amides is 1. The molecule has 6 heteroatoms. The highest BCUT2D eigenvalue weighted by atomic mass is 16.5. The predicted molar refractivity (Wildman–Crippen MR) is 123 cm³/mol. The van der Waals surface area contributed by atoms with E-state index in [1.165, 1.54) is 5.69 Å². The van der Waals surface area contributed by atoms with Gasteiger partial charge in [0, 0.05) is 58.2 Å². The molecule has 0 atom stereocenters. The average molecular weight is 424 g/mol. The monoisotopic (exact) mass is 423 g/mol. The summed E-state index contributed by atoms with van der Waals surface area (Å²) in [6.07, 6.45) is 1.42. The number of para-hydroxylation sites is 1. The largest absolute Gasteiger partial charge is 0.497 e. The number of rotatable bonds is 7. The smallest absolute Gasteiger partial charge is 0.230 e. The Balaban J connectivity index is 1.30. The Bertz CT molecular complexity index is 827. The first-order chi connectivity index (χ1) is 15.2. The van der Waals surface area contributed by atoms with E-state index in [0.717, 1.165) is 44.0 Å². The topological polar surface area (TPSA) is 54.0 Å². The van der Waals surface area contributed by atoms with Crippen LogP contribution in [-0.2, 0) is 14.9 Å². The van der Waals surface area contributed by atoms with Crippen molar-refractivity contribution in [1.82, 2.24) is 10.2 Å². The number of ether oxygens (including phenoxy) is 2. The van der Waals surface area contributed by atoms with E-state index in [1.807, 2.05) is 24.3 Å². The summed E-state index contributed by atoms with van der Waals surface area (Å²) in [6.45, 7) is 6.84. The molecule has 2 aromatic carbocycles. The molecule has 2 heterocycles. The molecule has 2 aliphatic rings. The SMILES string of the molecule is COc1ccc(C2(C(=O)NCCN3CCN(c4ccccc4)CC3)CCOCC2)cc1. The number of carbonyl (C=O) groups is 1. The van der Waals surface area contributed by atoms with Crippen LogP contribution in [0.25, 0.3) is 0 Å². The molecule has 0 spiro atoms. The quantitative estimate of drug-likeness (QED) is 0.742. The Labute approximate surface area is 185 Å². The number of nitrogens with one attached hydrogen (secondary N) is 1. The highest BCUT2D eigenvalue weighted by molar-refractivity contribution is 5.88. The molecule has 0 saturated carbocycles. The van der Waals surface area contributed by atoms with E-state index in [2.05, 4.69) is 45.4 Å². The van der Waals surface area contributed by atoms with Gasteiger partial charge in [-0.05, 0) is 42.7 Å². The zero-order valence-corrected chi connectivity index (χ0v) is 18.4. The minimum absolute atomic E-state index is 0.115. The lowest BCUT2D eigenvalue weighted by atomic mass is 9.73. The second kappa shape index (κ2) is 10.2. The fourth-order valence-corrected chi connectivity index (χ4v) is 4.64. The van der Waals surface area contributed by atoms with E-state index in [9.17, 15) is 4.79 Å². The molecule has 1 N–H and O–H groups in total. The summed E-state index contributed by atoms with van der Waals surface area (Å²) in [5.74, 6) is 0.921. The maximum Gasteiger partial charge on any atom is 0.230 e. The normalized spacial score (nSPS) is 19.1. The fraction of sp³-hybridized carbons (Fsp3) is 0.480. The molecule has 0 unspecified atom stereocenters. The van der Waals surface area contributed by atoms with Gasteiger partial charge in [0.1, 0.15) is 5.75 Å². The zero-order chi connectivity index (χ0) is 21.5. The summed E-state index contributed by atoms with van der Waals surface area (Å²) in [6, 6.07) is 18.5. The molecule has 4 rings (SSSR count). The van der Waals surface area contributed by atoms with Crippen molar-refractivity contribution >= 4 is 11.6 Å². The van der Waals surface area contributed by atoms with Gasteiger partial charge in [0.25, 0.3) is 0 Å². The summed E-state index contributed by atoms with van der Waals surface area (Å²) < 4.78 is 10.9. The highest BCUT2D eigenvalue weighted by Crippen LogP contribution is 2.36. The maximum absolute atomic E-state index is 13.3. The van der Waals surface area contributed by atoms with Gasteiger partial charge in [-0.2, -0.15) is 0 Å². The van der Waals surface area contributed by atoms with E-state index in [-0.39, 0.29) is 5.91 Å². The molecule has 0 aromatic heterocycles. The molecule has 0 aliphatic carbocycles. The second-order valence-corrected chi connectivity index (χ2v) is 8.34. The lowest BCUT2D eigenvalue weighted by Gasteiger charge is -2.38. The summed E-state index contributed by atoms with van der Waals surface area (Å²) in [4.78, 5) is 18.2. The Morgan fingerprint density at radius 1 is 1.00 bits per heavy atom. The van der Waals surface area contributed by atoms with Crippen LogP contribution in [0.2, 0.25) is 0 Å². The molecule has 1 amide bonds. The minimum atomic E-state index is -0.517. The molecule has 2 fully saturated rings. The Kier molecular flexibility index (Phi) is 7.10. The van der Waals surface area contributed by atoms with Crippen molar-refractivity contribution in [2.24, 2.45) is 0 Å². The molecule has 2 aromatic rings. The van der Waals surface area contributed by atoms with Gasteiger partial charge in [-0.15, -0.1) is 0 Å². The van der Waals surface area contributed by atoms with Crippen LogP contribution in [-0.4, -0.2) is 70.4 Å². The number of nitrogens with zero attached hydrogens (tertiary/aromatic N) is 2. The molecule has 2 saturated heterocycles. The summed E-state index contributed by atoms with van der Waals surface area (Å²) in [7, 11) is 1.66. The molecular weight excluding hydrogens is 390 g/mol. The first kappa shape index (κ1) is 21.7. The van der Waals surface area contributed by atoms with Gasteiger partial charge in [-0.25, -0.2) is 0 Å². The van der Waals surface area contributed by atoms with Gasteiger partial charge >= 0.3 is 0 Å². The Hall–Kier alpha value is -2.57. The Morgan fingerprint density at radius 2 is 1.68 bits per heavy atom. The van der Waals surface area contributed by atoms with E-state index >= 15 is 0 Å². The van der Waals surface area contributed by atoms with E-state index in [1.54, 1.807) is 7.11 Å². The number of anilines is 1. The van der Waals surface area contributed by atoms with Crippen LogP contribution in [0.15, 0.2) is 54.6 Å².